The molecule has 0 N–H and O–H groups in total. The maximum atomic E-state index is 12.9. The highest BCUT2D eigenvalue weighted by Gasteiger charge is 2.67. The van der Waals surface area contributed by atoms with E-state index < -0.39 is 5.41 Å². The van der Waals surface area contributed by atoms with E-state index in [9.17, 15) is 9.59 Å². The smallest absolute Gasteiger partial charge is 0.236 e. The summed E-state index contributed by atoms with van der Waals surface area (Å²) in [7, 11) is 0. The van der Waals surface area contributed by atoms with Crippen LogP contribution in [-0.2, 0) is 16.1 Å². The molecule has 2 atom stereocenters. The van der Waals surface area contributed by atoms with E-state index in [-0.39, 0.29) is 24.2 Å². The predicted octanol–water partition coefficient (Wildman–Crippen LogP) is 4.43. The standard InChI is InChI=1S/C19H15Cl2NO2/c20-14-6-13(7-15(21)8-14)16-9-19(16)10-17(23)22(18(19)24)11-12-4-2-1-3-5-12/h1-8,16H,9-11H2/t16-,19+/m1/s1. The Morgan fingerprint density at radius 3 is 2.38 bits per heavy atom. The molecular weight excluding hydrogens is 345 g/mol. The first-order valence-electron chi connectivity index (χ1n) is 7.84. The van der Waals surface area contributed by atoms with E-state index in [1.54, 1.807) is 6.07 Å². The van der Waals surface area contributed by atoms with E-state index in [1.807, 2.05) is 42.5 Å². The highest BCUT2D eigenvalue weighted by molar-refractivity contribution is 6.34. The Labute approximate surface area is 150 Å². The molecule has 2 amide bonds. The maximum absolute atomic E-state index is 12.9. The van der Waals surface area contributed by atoms with Gasteiger partial charge in [0.05, 0.1) is 12.0 Å². The number of rotatable bonds is 3. The SMILES string of the molecule is O=C1C[C@]2(C[C@@H]2c2cc(Cl)cc(Cl)c2)C(=O)N1Cc1ccccc1. The summed E-state index contributed by atoms with van der Waals surface area (Å²) < 4.78 is 0. The molecule has 24 heavy (non-hydrogen) atoms. The second-order valence-electron chi connectivity index (χ2n) is 6.56. The van der Waals surface area contributed by atoms with Gasteiger partial charge in [-0.25, -0.2) is 0 Å². The Bertz CT molecular complexity index is 816. The van der Waals surface area contributed by atoms with Crippen LogP contribution < -0.4 is 0 Å². The average molecular weight is 360 g/mol. The van der Waals surface area contributed by atoms with Crippen LogP contribution in [0.15, 0.2) is 48.5 Å². The molecule has 1 heterocycles. The van der Waals surface area contributed by atoms with Gasteiger partial charge in [-0.15, -0.1) is 0 Å². The average Bonchev–Trinajstić information content (AvgIpc) is 3.22. The van der Waals surface area contributed by atoms with Crippen molar-refractivity contribution < 1.29 is 9.59 Å². The molecule has 1 saturated carbocycles. The molecule has 1 saturated heterocycles. The zero-order valence-electron chi connectivity index (χ0n) is 12.8. The van der Waals surface area contributed by atoms with Crippen LogP contribution in [0.1, 0.15) is 29.9 Å². The zero-order valence-corrected chi connectivity index (χ0v) is 14.3. The van der Waals surface area contributed by atoms with E-state index in [0.717, 1.165) is 11.1 Å². The molecule has 0 radical (unpaired) electrons. The van der Waals surface area contributed by atoms with Crippen molar-refractivity contribution in [2.24, 2.45) is 5.41 Å². The highest BCUT2D eigenvalue weighted by atomic mass is 35.5. The van der Waals surface area contributed by atoms with Crippen molar-refractivity contribution in [1.29, 1.82) is 0 Å². The van der Waals surface area contributed by atoms with Crippen molar-refractivity contribution in [3.05, 3.63) is 69.7 Å². The van der Waals surface area contributed by atoms with Gasteiger partial charge in [0.1, 0.15) is 0 Å². The van der Waals surface area contributed by atoms with Crippen molar-refractivity contribution in [3.8, 4) is 0 Å². The van der Waals surface area contributed by atoms with E-state index in [0.29, 0.717) is 23.0 Å². The first-order chi connectivity index (χ1) is 11.5. The summed E-state index contributed by atoms with van der Waals surface area (Å²) in [4.78, 5) is 26.7. The number of likely N-dealkylation sites (tertiary alicyclic amines) is 1. The van der Waals surface area contributed by atoms with Crippen LogP contribution >= 0.6 is 23.2 Å². The summed E-state index contributed by atoms with van der Waals surface area (Å²) >= 11 is 12.1. The molecule has 0 unspecified atom stereocenters. The van der Waals surface area contributed by atoms with Gasteiger partial charge in [-0.05, 0) is 35.7 Å². The third-order valence-corrected chi connectivity index (χ3v) is 5.42. The van der Waals surface area contributed by atoms with Crippen molar-refractivity contribution in [1.82, 2.24) is 4.90 Å². The molecule has 2 aromatic rings. The lowest BCUT2D eigenvalue weighted by Crippen LogP contribution is -2.30. The van der Waals surface area contributed by atoms with Gasteiger partial charge in [-0.3, -0.25) is 14.5 Å². The zero-order chi connectivity index (χ0) is 16.9. The molecule has 122 valence electrons. The first-order valence-corrected chi connectivity index (χ1v) is 8.60. The van der Waals surface area contributed by atoms with Gasteiger partial charge in [0.2, 0.25) is 11.8 Å². The number of carbonyl (C=O) groups excluding carboxylic acids is 2. The topological polar surface area (TPSA) is 37.4 Å². The van der Waals surface area contributed by atoms with Crippen molar-refractivity contribution in [2.75, 3.05) is 0 Å². The van der Waals surface area contributed by atoms with Crippen LogP contribution in [-0.4, -0.2) is 16.7 Å². The second-order valence-corrected chi connectivity index (χ2v) is 7.44. The number of carbonyl (C=O) groups is 2. The lowest BCUT2D eigenvalue weighted by molar-refractivity contribution is -0.140. The Balaban J connectivity index is 1.58. The summed E-state index contributed by atoms with van der Waals surface area (Å²) in [5, 5.41) is 1.11. The van der Waals surface area contributed by atoms with Crippen molar-refractivity contribution in [3.63, 3.8) is 0 Å². The number of halogens is 2. The summed E-state index contributed by atoms with van der Waals surface area (Å²) in [5.41, 5.74) is 1.30. The van der Waals surface area contributed by atoms with Crippen LogP contribution in [0.2, 0.25) is 10.0 Å². The lowest BCUT2D eigenvalue weighted by atomic mass is 9.97. The van der Waals surface area contributed by atoms with Gasteiger partial charge in [-0.1, -0.05) is 53.5 Å². The number of hydrogen-bond donors (Lipinski definition) is 0. The van der Waals surface area contributed by atoms with Crippen LogP contribution in [0.5, 0.6) is 0 Å². The fraction of sp³-hybridized carbons (Fsp3) is 0.263. The molecule has 2 aliphatic rings. The van der Waals surface area contributed by atoms with Crippen LogP contribution in [0, 0.1) is 5.41 Å². The molecule has 0 aromatic heterocycles. The molecule has 5 heteroatoms. The van der Waals surface area contributed by atoms with Crippen LogP contribution in [0.25, 0.3) is 0 Å². The molecule has 3 nitrogen and oxygen atoms in total. The molecule has 1 spiro atoms. The Kier molecular flexibility index (Phi) is 3.66. The van der Waals surface area contributed by atoms with Gasteiger partial charge < -0.3 is 0 Å². The van der Waals surface area contributed by atoms with Gasteiger partial charge in [0.15, 0.2) is 0 Å². The number of benzene rings is 2. The van der Waals surface area contributed by atoms with Crippen LogP contribution in [0.3, 0.4) is 0 Å². The Morgan fingerprint density at radius 1 is 1.04 bits per heavy atom. The third kappa shape index (κ3) is 2.52. The monoisotopic (exact) mass is 359 g/mol. The van der Waals surface area contributed by atoms with Crippen molar-refractivity contribution in [2.45, 2.75) is 25.3 Å². The van der Waals surface area contributed by atoms with Gasteiger partial charge in [0, 0.05) is 22.4 Å². The second kappa shape index (κ2) is 5.61. The normalized spacial score (nSPS) is 25.6. The fourth-order valence-corrected chi connectivity index (χ4v) is 4.24. The van der Waals surface area contributed by atoms with Gasteiger partial charge in [0.25, 0.3) is 0 Å². The third-order valence-electron chi connectivity index (χ3n) is 4.98. The quantitative estimate of drug-likeness (QED) is 0.760. The van der Waals surface area contributed by atoms with Crippen molar-refractivity contribution >= 4 is 35.0 Å². The molecular formula is C19H15Cl2NO2. The molecule has 0 bridgehead atoms. The van der Waals surface area contributed by atoms with E-state index in [1.165, 1.54) is 4.90 Å². The number of imide groups is 1. The molecule has 2 aromatic carbocycles. The van der Waals surface area contributed by atoms with Gasteiger partial charge in [-0.2, -0.15) is 0 Å². The fourth-order valence-electron chi connectivity index (χ4n) is 3.70. The Morgan fingerprint density at radius 2 is 1.71 bits per heavy atom. The molecule has 1 aliphatic heterocycles. The number of amides is 2. The summed E-state index contributed by atoms with van der Waals surface area (Å²) in [6, 6.07) is 14.9. The van der Waals surface area contributed by atoms with Crippen LogP contribution in [0.4, 0.5) is 0 Å². The summed E-state index contributed by atoms with van der Waals surface area (Å²) in [6.07, 6.45) is 0.951. The van der Waals surface area contributed by atoms with E-state index in [2.05, 4.69) is 0 Å². The highest BCUT2D eigenvalue weighted by Crippen LogP contribution is 2.65. The lowest BCUT2D eigenvalue weighted by Gasteiger charge is -2.15. The van der Waals surface area contributed by atoms with E-state index >= 15 is 0 Å². The Hall–Kier alpha value is -1.84. The summed E-state index contributed by atoms with van der Waals surface area (Å²) in [5.74, 6) is -0.150. The number of nitrogens with zero attached hydrogens (tertiary/aromatic N) is 1. The maximum Gasteiger partial charge on any atom is 0.236 e. The minimum absolute atomic E-state index is 0.0194. The summed E-state index contributed by atoms with van der Waals surface area (Å²) in [6.45, 7) is 0.337. The molecule has 1 aliphatic carbocycles. The largest absolute Gasteiger partial charge is 0.278 e. The number of hydrogen-bond acceptors (Lipinski definition) is 2. The van der Waals surface area contributed by atoms with E-state index in [4.69, 9.17) is 23.2 Å². The predicted molar refractivity (Wildman–Crippen MR) is 92.9 cm³/mol. The first kappa shape index (κ1) is 15.7. The molecule has 4 rings (SSSR count). The minimum atomic E-state index is -0.597. The molecule has 2 fully saturated rings. The van der Waals surface area contributed by atoms with Gasteiger partial charge >= 0.3 is 0 Å². The minimum Gasteiger partial charge on any atom is -0.278 e.